The van der Waals surface area contributed by atoms with Gasteiger partial charge in [-0.05, 0) is 56.2 Å². The van der Waals surface area contributed by atoms with Gasteiger partial charge in [-0.25, -0.2) is 0 Å². The third kappa shape index (κ3) is 4.99. The van der Waals surface area contributed by atoms with Crippen LogP contribution in [0.5, 0.6) is 0 Å². The molecule has 1 radical (unpaired) electrons. The van der Waals surface area contributed by atoms with Gasteiger partial charge in [0.25, 0.3) is 0 Å². The van der Waals surface area contributed by atoms with Crippen LogP contribution in [0.1, 0.15) is 62.6 Å². The Hall–Kier alpha value is -0.0461. The summed E-state index contributed by atoms with van der Waals surface area (Å²) in [4.78, 5) is 13.2. The molecule has 1 unspecified atom stereocenters. The molecule has 1 saturated heterocycles. The van der Waals surface area contributed by atoms with Crippen molar-refractivity contribution >= 4 is 5.78 Å². The summed E-state index contributed by atoms with van der Waals surface area (Å²) >= 11 is 0. The Kier molecular flexibility index (Phi) is 9.34. The van der Waals surface area contributed by atoms with Gasteiger partial charge in [0, 0.05) is 45.6 Å². The molecule has 24 heavy (non-hydrogen) atoms. The minimum Gasteiger partial charge on any atom is -0.315 e. The van der Waals surface area contributed by atoms with Gasteiger partial charge >= 0.3 is 0 Å². The molecule has 0 N–H and O–H groups in total. The number of aryl methyl sites for hydroxylation is 2. The summed E-state index contributed by atoms with van der Waals surface area (Å²) < 4.78 is 1.05. The normalized spacial score (nSPS) is 17.8. The fraction of sp³-hybridized carbons (Fsp3) is 0.667. The number of benzene rings is 1. The number of piperidine rings is 1. The summed E-state index contributed by atoms with van der Waals surface area (Å²) in [5, 5.41) is 0. The maximum atomic E-state index is 13.2. The zero-order chi connectivity index (χ0) is 16.9. The molecule has 1 atom stereocenters. The standard InChI is InChI=1S/C21H34NO.Y/c1-5-13-22(14-8-7-9-15-22)20(6-2)21(23)16-19-17(3)11-10-12-18(19)4;/h10-12,20H,5-9,13-16H2,1-4H3;/q+1;. The Morgan fingerprint density at radius 2 is 1.67 bits per heavy atom. The second kappa shape index (κ2) is 10.2. The van der Waals surface area contributed by atoms with Gasteiger partial charge in [0.15, 0.2) is 5.78 Å². The van der Waals surface area contributed by atoms with Gasteiger partial charge in [0.05, 0.1) is 19.6 Å². The van der Waals surface area contributed by atoms with Crippen LogP contribution in [0.2, 0.25) is 0 Å². The number of nitrogens with zero attached hydrogens (tertiary/aromatic N) is 1. The smallest absolute Gasteiger partial charge is 0.194 e. The average Bonchev–Trinajstić information content (AvgIpc) is 2.53. The molecule has 1 aliphatic rings. The van der Waals surface area contributed by atoms with Crippen molar-refractivity contribution in [1.29, 1.82) is 0 Å². The van der Waals surface area contributed by atoms with E-state index in [4.69, 9.17) is 0 Å². The predicted molar refractivity (Wildman–Crippen MR) is 97.7 cm³/mol. The molecule has 1 aromatic rings. The van der Waals surface area contributed by atoms with Crippen molar-refractivity contribution in [3.05, 3.63) is 34.9 Å². The molecule has 1 heterocycles. The summed E-state index contributed by atoms with van der Waals surface area (Å²) in [6.07, 6.45) is 6.67. The molecule has 0 bridgehead atoms. The molecule has 0 amide bonds. The zero-order valence-corrected chi connectivity index (χ0v) is 18.9. The fourth-order valence-corrected chi connectivity index (χ4v) is 4.62. The number of Topliss-reactive ketones (excluding diaryl/α,β-unsaturated/α-hetero) is 1. The Bertz CT molecular complexity index is 509. The van der Waals surface area contributed by atoms with E-state index in [1.807, 2.05) is 0 Å². The molecule has 2 nitrogen and oxygen atoms in total. The van der Waals surface area contributed by atoms with E-state index in [9.17, 15) is 4.79 Å². The molecular formula is C21H34NOY+. The van der Waals surface area contributed by atoms with E-state index in [-0.39, 0.29) is 38.8 Å². The summed E-state index contributed by atoms with van der Waals surface area (Å²) in [5.41, 5.74) is 3.77. The van der Waals surface area contributed by atoms with Crippen LogP contribution in [-0.4, -0.2) is 35.9 Å². The fourth-order valence-electron chi connectivity index (χ4n) is 4.62. The van der Waals surface area contributed by atoms with Crippen LogP contribution in [0.25, 0.3) is 0 Å². The minimum atomic E-state index is 0. The van der Waals surface area contributed by atoms with Gasteiger partial charge in [-0.3, -0.25) is 4.79 Å². The van der Waals surface area contributed by atoms with E-state index in [1.165, 1.54) is 55.5 Å². The number of hydrogen-bond acceptors (Lipinski definition) is 1. The molecule has 1 aromatic carbocycles. The first-order chi connectivity index (χ1) is 11.0. The SMILES string of the molecule is CCC[N+]1(C(CC)C(=O)Cc2c(C)cccc2C)CCCCC1.[Y]. The molecular weight excluding hydrogens is 371 g/mol. The van der Waals surface area contributed by atoms with Crippen molar-refractivity contribution < 1.29 is 42.0 Å². The van der Waals surface area contributed by atoms with Crippen LogP contribution in [0.3, 0.4) is 0 Å². The van der Waals surface area contributed by atoms with Gasteiger partial charge in [0.2, 0.25) is 0 Å². The van der Waals surface area contributed by atoms with Gasteiger partial charge in [-0.1, -0.05) is 32.0 Å². The Balaban J connectivity index is 0.00000288. The van der Waals surface area contributed by atoms with E-state index in [2.05, 4.69) is 45.9 Å². The van der Waals surface area contributed by atoms with Crippen LogP contribution in [0.4, 0.5) is 0 Å². The number of carbonyl (C=O) groups excluding carboxylic acids is 1. The maximum absolute atomic E-state index is 13.2. The van der Waals surface area contributed by atoms with Crippen molar-refractivity contribution in [2.75, 3.05) is 19.6 Å². The molecule has 3 heteroatoms. The molecule has 2 rings (SSSR count). The van der Waals surface area contributed by atoms with Crippen LogP contribution in [0.15, 0.2) is 18.2 Å². The van der Waals surface area contributed by atoms with Crippen LogP contribution >= 0.6 is 0 Å². The summed E-state index contributed by atoms with van der Waals surface area (Å²) in [5.74, 6) is 0.459. The third-order valence-electron chi connectivity index (χ3n) is 5.79. The van der Waals surface area contributed by atoms with Crippen LogP contribution < -0.4 is 0 Å². The number of quaternary nitrogens is 1. The van der Waals surface area contributed by atoms with Crippen LogP contribution in [-0.2, 0) is 43.9 Å². The minimum absolute atomic E-state index is 0. The molecule has 0 spiro atoms. The number of hydrogen-bond donors (Lipinski definition) is 0. The molecule has 131 valence electrons. The quantitative estimate of drug-likeness (QED) is 0.606. The van der Waals surface area contributed by atoms with Gasteiger partial charge in [-0.15, -0.1) is 0 Å². The first-order valence-corrected chi connectivity index (χ1v) is 9.47. The largest absolute Gasteiger partial charge is 0.315 e. The first-order valence-electron chi connectivity index (χ1n) is 9.47. The van der Waals surface area contributed by atoms with Crippen molar-refractivity contribution in [3.63, 3.8) is 0 Å². The average molecular weight is 405 g/mol. The first kappa shape index (κ1) is 22.0. The monoisotopic (exact) mass is 405 g/mol. The van der Waals surface area contributed by atoms with Gasteiger partial charge in [-0.2, -0.15) is 0 Å². The molecule has 1 fully saturated rings. The number of carbonyl (C=O) groups is 1. The predicted octanol–water partition coefficient (Wildman–Crippen LogP) is 4.60. The summed E-state index contributed by atoms with van der Waals surface area (Å²) in [6.45, 7) is 12.3. The van der Waals surface area contributed by atoms with Gasteiger partial charge < -0.3 is 4.48 Å². The van der Waals surface area contributed by atoms with E-state index in [0.29, 0.717) is 12.2 Å². The molecule has 0 aromatic heterocycles. The van der Waals surface area contributed by atoms with Crippen molar-refractivity contribution in [3.8, 4) is 0 Å². The number of rotatable bonds is 7. The van der Waals surface area contributed by atoms with Crippen LogP contribution in [0, 0.1) is 13.8 Å². The van der Waals surface area contributed by atoms with Crippen molar-refractivity contribution in [2.45, 2.75) is 72.3 Å². The zero-order valence-electron chi connectivity index (χ0n) is 16.1. The Morgan fingerprint density at radius 3 is 2.17 bits per heavy atom. The van der Waals surface area contributed by atoms with E-state index in [1.54, 1.807) is 0 Å². The molecule has 0 aliphatic carbocycles. The second-order valence-electron chi connectivity index (χ2n) is 7.39. The van der Waals surface area contributed by atoms with E-state index in [0.717, 1.165) is 17.4 Å². The summed E-state index contributed by atoms with van der Waals surface area (Å²) in [7, 11) is 0. The van der Waals surface area contributed by atoms with Gasteiger partial charge in [0.1, 0.15) is 6.04 Å². The van der Waals surface area contributed by atoms with Crippen molar-refractivity contribution in [2.24, 2.45) is 0 Å². The maximum Gasteiger partial charge on any atom is 0.194 e. The molecule has 1 aliphatic heterocycles. The van der Waals surface area contributed by atoms with E-state index < -0.39 is 0 Å². The number of likely N-dealkylation sites (tertiary alicyclic amines) is 1. The molecule has 0 saturated carbocycles. The Morgan fingerprint density at radius 1 is 1.08 bits per heavy atom. The Labute approximate surface area is 173 Å². The summed E-state index contributed by atoms with van der Waals surface area (Å²) in [6, 6.07) is 6.54. The van der Waals surface area contributed by atoms with Crippen molar-refractivity contribution in [1.82, 2.24) is 0 Å². The number of ketones is 1. The second-order valence-corrected chi connectivity index (χ2v) is 7.39. The van der Waals surface area contributed by atoms with E-state index >= 15 is 0 Å². The third-order valence-corrected chi connectivity index (χ3v) is 5.79. The topological polar surface area (TPSA) is 17.1 Å².